The Balaban J connectivity index is 1.77. The molecule has 0 spiro atoms. The Hall–Kier alpha value is -3.43. The highest BCUT2D eigenvalue weighted by atomic mass is 32.2. The van der Waals surface area contributed by atoms with E-state index in [0.29, 0.717) is 11.1 Å². The Bertz CT molecular complexity index is 1240. The molecule has 0 fully saturated rings. The molecule has 0 aliphatic rings. The van der Waals surface area contributed by atoms with E-state index < -0.39 is 27.6 Å². The maximum Gasteiger partial charge on any atom is 0.419 e. The molecule has 3 rings (SSSR count). The van der Waals surface area contributed by atoms with Crippen molar-refractivity contribution in [3.05, 3.63) is 72.4 Å². The number of rotatable bonds is 5. The van der Waals surface area contributed by atoms with Crippen molar-refractivity contribution in [1.82, 2.24) is 14.8 Å². The van der Waals surface area contributed by atoms with Crippen LogP contribution in [0.1, 0.15) is 26.3 Å². The summed E-state index contributed by atoms with van der Waals surface area (Å²) in [6.07, 6.45) is 3.70. The zero-order valence-electron chi connectivity index (χ0n) is 17.3. The SMILES string of the molecule is CC(C)(C)OC(=O)n1cc(C=CC(=O)NNS(=O)(=O)c2ccccc2)c2ccccc21. The topological polar surface area (TPSA) is 106 Å². The van der Waals surface area contributed by atoms with E-state index in [0.717, 1.165) is 5.39 Å². The third-order valence-corrected chi connectivity index (χ3v) is 5.37. The van der Waals surface area contributed by atoms with Gasteiger partial charge in [-0.25, -0.2) is 13.2 Å². The van der Waals surface area contributed by atoms with Gasteiger partial charge in [0.05, 0.1) is 10.4 Å². The van der Waals surface area contributed by atoms with Gasteiger partial charge in [-0.3, -0.25) is 14.8 Å². The average Bonchev–Trinajstić information content (AvgIpc) is 3.09. The smallest absolute Gasteiger partial charge is 0.419 e. The number of para-hydroxylation sites is 1. The number of aromatic nitrogens is 1. The fourth-order valence-corrected chi connectivity index (χ4v) is 3.65. The summed E-state index contributed by atoms with van der Waals surface area (Å²) in [5, 5.41) is 0.738. The molecule has 0 aliphatic heterocycles. The summed E-state index contributed by atoms with van der Waals surface area (Å²) in [6.45, 7) is 5.33. The molecule has 0 bridgehead atoms. The third-order valence-electron chi connectivity index (χ3n) is 4.11. The molecule has 2 aromatic carbocycles. The fraction of sp³-hybridized carbons (Fsp3) is 0.182. The van der Waals surface area contributed by atoms with Gasteiger partial charge < -0.3 is 4.74 Å². The number of hydrogen-bond acceptors (Lipinski definition) is 5. The zero-order chi connectivity index (χ0) is 22.6. The second-order valence-electron chi connectivity index (χ2n) is 7.69. The van der Waals surface area contributed by atoms with Crippen LogP contribution in [0.15, 0.2) is 71.8 Å². The maximum absolute atomic E-state index is 12.5. The first-order chi connectivity index (χ1) is 14.6. The number of nitrogens with zero attached hydrogens (tertiary/aromatic N) is 1. The molecule has 0 aliphatic carbocycles. The van der Waals surface area contributed by atoms with Crippen LogP contribution in [-0.4, -0.2) is 30.6 Å². The van der Waals surface area contributed by atoms with Gasteiger partial charge in [0.2, 0.25) is 0 Å². The molecule has 31 heavy (non-hydrogen) atoms. The molecule has 162 valence electrons. The molecular formula is C22H23N3O5S. The molecule has 1 aromatic heterocycles. The first-order valence-corrected chi connectivity index (χ1v) is 10.9. The van der Waals surface area contributed by atoms with Gasteiger partial charge in [-0.1, -0.05) is 36.4 Å². The quantitative estimate of drug-likeness (QED) is 0.466. The third kappa shape index (κ3) is 5.59. The number of hydrazine groups is 1. The summed E-state index contributed by atoms with van der Waals surface area (Å²) in [4.78, 5) is 26.7. The maximum atomic E-state index is 12.5. The lowest BCUT2D eigenvalue weighted by Crippen LogP contribution is -2.40. The lowest BCUT2D eigenvalue weighted by molar-refractivity contribution is -0.116. The van der Waals surface area contributed by atoms with E-state index in [4.69, 9.17) is 4.74 Å². The summed E-state index contributed by atoms with van der Waals surface area (Å²) in [7, 11) is -3.88. The molecule has 0 unspecified atom stereocenters. The van der Waals surface area contributed by atoms with E-state index in [1.807, 2.05) is 17.0 Å². The van der Waals surface area contributed by atoms with Crippen LogP contribution in [0.3, 0.4) is 0 Å². The van der Waals surface area contributed by atoms with Gasteiger partial charge in [0.1, 0.15) is 5.60 Å². The second kappa shape index (κ2) is 8.75. The Morgan fingerprint density at radius 3 is 2.32 bits per heavy atom. The molecule has 1 heterocycles. The van der Waals surface area contributed by atoms with Crippen LogP contribution in [0.2, 0.25) is 0 Å². The summed E-state index contributed by atoms with van der Waals surface area (Å²) in [5.41, 5.74) is 2.71. The molecule has 0 saturated carbocycles. The van der Waals surface area contributed by atoms with Crippen molar-refractivity contribution < 1.29 is 22.7 Å². The number of carbonyl (C=O) groups is 2. The van der Waals surface area contributed by atoms with Crippen LogP contribution < -0.4 is 10.3 Å². The monoisotopic (exact) mass is 441 g/mol. The standard InChI is InChI=1S/C22H23N3O5S/c1-22(2,3)30-21(27)25-15-16(18-11-7-8-12-19(18)25)13-14-20(26)23-24-31(28,29)17-9-5-4-6-10-17/h4-15,24H,1-3H3,(H,23,26). The average molecular weight is 442 g/mol. The predicted octanol–water partition coefficient (Wildman–Crippen LogP) is 3.45. The highest BCUT2D eigenvalue weighted by molar-refractivity contribution is 7.89. The molecule has 9 heteroatoms. The molecule has 0 radical (unpaired) electrons. The lowest BCUT2D eigenvalue weighted by atomic mass is 10.1. The van der Waals surface area contributed by atoms with Gasteiger partial charge in [-0.05, 0) is 45.0 Å². The summed E-state index contributed by atoms with van der Waals surface area (Å²) in [6, 6.07) is 14.9. The normalized spacial score (nSPS) is 12.2. The van der Waals surface area contributed by atoms with Crippen molar-refractivity contribution in [1.29, 1.82) is 0 Å². The largest absolute Gasteiger partial charge is 0.443 e. The van der Waals surface area contributed by atoms with E-state index in [1.54, 1.807) is 57.3 Å². The van der Waals surface area contributed by atoms with Crippen molar-refractivity contribution >= 4 is 39.0 Å². The Kier molecular flexibility index (Phi) is 6.28. The van der Waals surface area contributed by atoms with E-state index >= 15 is 0 Å². The molecule has 8 nitrogen and oxygen atoms in total. The molecule has 2 N–H and O–H groups in total. The summed E-state index contributed by atoms with van der Waals surface area (Å²) < 4.78 is 31.2. The Labute approximate surface area is 180 Å². The first kappa shape index (κ1) is 22.3. The van der Waals surface area contributed by atoms with E-state index in [2.05, 4.69) is 5.43 Å². The minimum atomic E-state index is -3.88. The molecular weight excluding hydrogens is 418 g/mol. The zero-order valence-corrected chi connectivity index (χ0v) is 18.1. The fourth-order valence-electron chi connectivity index (χ4n) is 2.78. The highest BCUT2D eigenvalue weighted by Gasteiger charge is 2.20. The lowest BCUT2D eigenvalue weighted by Gasteiger charge is -2.19. The minimum Gasteiger partial charge on any atom is -0.443 e. The van der Waals surface area contributed by atoms with Crippen molar-refractivity contribution in [3.8, 4) is 0 Å². The van der Waals surface area contributed by atoms with E-state index in [9.17, 15) is 18.0 Å². The van der Waals surface area contributed by atoms with Gasteiger partial charge in [-0.2, -0.15) is 0 Å². The summed E-state index contributed by atoms with van der Waals surface area (Å²) in [5.74, 6) is -0.673. The molecule has 0 saturated heterocycles. The van der Waals surface area contributed by atoms with Crippen LogP contribution in [-0.2, 0) is 19.6 Å². The van der Waals surface area contributed by atoms with Crippen molar-refractivity contribution in [2.75, 3.05) is 0 Å². The predicted molar refractivity (Wildman–Crippen MR) is 118 cm³/mol. The number of sulfonamides is 1. The van der Waals surface area contributed by atoms with Crippen LogP contribution in [0.5, 0.6) is 0 Å². The summed E-state index contributed by atoms with van der Waals surface area (Å²) >= 11 is 0. The van der Waals surface area contributed by atoms with Crippen LogP contribution >= 0.6 is 0 Å². The van der Waals surface area contributed by atoms with Gasteiger partial charge in [0.25, 0.3) is 15.9 Å². The second-order valence-corrected chi connectivity index (χ2v) is 9.38. The van der Waals surface area contributed by atoms with E-state index in [-0.39, 0.29) is 4.90 Å². The number of carbonyl (C=O) groups excluding carboxylic acids is 2. The molecule has 3 aromatic rings. The number of ether oxygens (including phenoxy) is 1. The Morgan fingerprint density at radius 1 is 1.00 bits per heavy atom. The van der Waals surface area contributed by atoms with Crippen LogP contribution in [0, 0.1) is 0 Å². The number of fused-ring (bicyclic) bond motifs is 1. The van der Waals surface area contributed by atoms with E-state index in [1.165, 1.54) is 28.9 Å². The van der Waals surface area contributed by atoms with Crippen LogP contribution in [0.25, 0.3) is 17.0 Å². The number of amides is 1. The van der Waals surface area contributed by atoms with Crippen LogP contribution in [0.4, 0.5) is 4.79 Å². The molecule has 1 amide bonds. The Morgan fingerprint density at radius 2 is 1.65 bits per heavy atom. The highest BCUT2D eigenvalue weighted by Crippen LogP contribution is 2.23. The van der Waals surface area contributed by atoms with Gasteiger partial charge in [0.15, 0.2) is 0 Å². The molecule has 0 atom stereocenters. The van der Waals surface area contributed by atoms with Gasteiger partial charge >= 0.3 is 6.09 Å². The number of hydrogen-bond donors (Lipinski definition) is 2. The number of nitrogens with one attached hydrogen (secondary N) is 2. The first-order valence-electron chi connectivity index (χ1n) is 9.45. The van der Waals surface area contributed by atoms with Gasteiger partial charge in [-0.15, -0.1) is 4.83 Å². The van der Waals surface area contributed by atoms with Gasteiger partial charge in [0, 0.05) is 23.2 Å². The van der Waals surface area contributed by atoms with Crippen molar-refractivity contribution in [3.63, 3.8) is 0 Å². The minimum absolute atomic E-state index is 0.0275. The van der Waals surface area contributed by atoms with Crippen molar-refractivity contribution in [2.24, 2.45) is 0 Å². The van der Waals surface area contributed by atoms with Crippen molar-refractivity contribution in [2.45, 2.75) is 31.3 Å². The number of benzene rings is 2.